The van der Waals surface area contributed by atoms with E-state index in [4.69, 9.17) is 11.6 Å². The monoisotopic (exact) mass is 380 g/mol. The number of rotatable bonds is 5. The molecule has 0 bridgehead atoms. The smallest absolute Gasteiger partial charge is 0.273 e. The lowest BCUT2D eigenvalue weighted by atomic mass is 10.3. The van der Waals surface area contributed by atoms with Gasteiger partial charge >= 0.3 is 0 Å². The number of nitrogens with zero attached hydrogens (tertiary/aromatic N) is 3. The fraction of sp³-hybridized carbons (Fsp3) is 0.200. The zero-order valence-electron chi connectivity index (χ0n) is 12.7. The van der Waals surface area contributed by atoms with E-state index in [1.54, 1.807) is 36.0 Å². The molecule has 0 fully saturated rings. The van der Waals surface area contributed by atoms with E-state index in [0.29, 0.717) is 21.1 Å². The Balaban J connectivity index is 1.79. The molecule has 2 aromatic heterocycles. The summed E-state index contributed by atoms with van der Waals surface area (Å²) >= 11 is 8.67. The van der Waals surface area contributed by atoms with Gasteiger partial charge in [0, 0.05) is 10.7 Å². The Morgan fingerprint density at radius 1 is 1.38 bits per heavy atom. The van der Waals surface area contributed by atoms with Gasteiger partial charge in [0.15, 0.2) is 9.99 Å². The van der Waals surface area contributed by atoms with E-state index in [0.717, 1.165) is 10.1 Å². The SMILES string of the molecule is CCSc1nc2ncn(CC(=O)Nc3ccc(Cl)cc3)c(=O)c2s1. The number of hydrogen-bond acceptors (Lipinski definition) is 6. The first-order chi connectivity index (χ1) is 11.6. The van der Waals surface area contributed by atoms with Crippen molar-refractivity contribution in [2.45, 2.75) is 17.8 Å². The van der Waals surface area contributed by atoms with Gasteiger partial charge in [-0.05, 0) is 30.0 Å². The summed E-state index contributed by atoms with van der Waals surface area (Å²) < 4.78 is 2.56. The van der Waals surface area contributed by atoms with Crippen LogP contribution in [0.25, 0.3) is 10.3 Å². The lowest BCUT2D eigenvalue weighted by Gasteiger charge is -2.07. The van der Waals surface area contributed by atoms with E-state index in [1.165, 1.54) is 22.2 Å². The maximum absolute atomic E-state index is 12.5. The minimum absolute atomic E-state index is 0.113. The normalized spacial score (nSPS) is 10.9. The fourth-order valence-electron chi connectivity index (χ4n) is 2.01. The third-order valence-electron chi connectivity index (χ3n) is 3.07. The molecule has 2 heterocycles. The van der Waals surface area contributed by atoms with Crippen LogP contribution in [0, 0.1) is 0 Å². The maximum Gasteiger partial charge on any atom is 0.273 e. The van der Waals surface area contributed by atoms with Gasteiger partial charge in [-0.2, -0.15) is 0 Å². The van der Waals surface area contributed by atoms with Crippen LogP contribution in [0.3, 0.4) is 0 Å². The molecule has 0 atom stereocenters. The molecule has 0 aliphatic carbocycles. The van der Waals surface area contributed by atoms with Crippen LogP contribution >= 0.6 is 34.7 Å². The summed E-state index contributed by atoms with van der Waals surface area (Å²) in [5.74, 6) is 0.561. The number of amides is 1. The van der Waals surface area contributed by atoms with E-state index in [-0.39, 0.29) is 18.0 Å². The summed E-state index contributed by atoms with van der Waals surface area (Å²) in [6, 6.07) is 6.76. The highest BCUT2D eigenvalue weighted by Gasteiger charge is 2.13. The van der Waals surface area contributed by atoms with Crippen molar-refractivity contribution in [3.63, 3.8) is 0 Å². The van der Waals surface area contributed by atoms with Crippen LogP contribution in [0.4, 0.5) is 5.69 Å². The molecular formula is C15H13ClN4O2S2. The molecule has 0 aliphatic rings. The molecule has 124 valence electrons. The molecule has 3 rings (SSSR count). The average Bonchev–Trinajstić information content (AvgIpc) is 2.96. The van der Waals surface area contributed by atoms with Gasteiger partial charge in [0.25, 0.3) is 5.56 Å². The topological polar surface area (TPSA) is 76.9 Å². The van der Waals surface area contributed by atoms with Gasteiger partial charge in [0.1, 0.15) is 17.6 Å². The summed E-state index contributed by atoms with van der Waals surface area (Å²) in [5.41, 5.74) is 0.785. The number of thiazole rings is 1. The molecule has 0 aliphatic heterocycles. The number of thioether (sulfide) groups is 1. The third-order valence-corrected chi connectivity index (χ3v) is 5.38. The number of benzene rings is 1. The summed E-state index contributed by atoms with van der Waals surface area (Å²) in [6.07, 6.45) is 1.35. The van der Waals surface area contributed by atoms with Crippen LogP contribution in [-0.4, -0.2) is 26.2 Å². The zero-order chi connectivity index (χ0) is 17.1. The predicted octanol–water partition coefficient (Wildman–Crippen LogP) is 3.26. The van der Waals surface area contributed by atoms with E-state index in [1.807, 2.05) is 6.92 Å². The summed E-state index contributed by atoms with van der Waals surface area (Å²) in [7, 11) is 0. The predicted molar refractivity (Wildman–Crippen MR) is 98.2 cm³/mol. The summed E-state index contributed by atoms with van der Waals surface area (Å²) in [5, 5.41) is 3.30. The quantitative estimate of drug-likeness (QED) is 0.687. The first-order valence-electron chi connectivity index (χ1n) is 7.11. The first kappa shape index (κ1) is 16.9. The Hall–Kier alpha value is -1.90. The molecule has 1 amide bonds. The standard InChI is InChI=1S/C15H13ClN4O2S2/c1-2-23-15-19-13-12(24-15)14(22)20(8-17-13)7-11(21)18-10-5-3-9(16)4-6-10/h3-6,8H,2,7H2,1H3,(H,18,21). The lowest BCUT2D eigenvalue weighted by molar-refractivity contribution is -0.116. The van der Waals surface area contributed by atoms with Gasteiger partial charge in [-0.3, -0.25) is 14.2 Å². The number of fused-ring (bicyclic) bond motifs is 1. The van der Waals surface area contributed by atoms with Crippen molar-refractivity contribution in [3.8, 4) is 0 Å². The van der Waals surface area contributed by atoms with Gasteiger partial charge in [-0.1, -0.05) is 30.3 Å². The Morgan fingerprint density at radius 2 is 2.12 bits per heavy atom. The van der Waals surface area contributed by atoms with Crippen molar-refractivity contribution < 1.29 is 4.79 Å². The lowest BCUT2D eigenvalue weighted by Crippen LogP contribution is -2.27. The third kappa shape index (κ3) is 3.77. The molecule has 0 spiro atoms. The van der Waals surface area contributed by atoms with Crippen LogP contribution in [0.15, 0.2) is 39.7 Å². The van der Waals surface area contributed by atoms with Crippen LogP contribution < -0.4 is 10.9 Å². The number of carbonyl (C=O) groups excluding carboxylic acids is 1. The number of anilines is 1. The second kappa shape index (κ2) is 7.33. The Labute approximate surface area is 150 Å². The van der Waals surface area contributed by atoms with Gasteiger partial charge < -0.3 is 5.32 Å². The zero-order valence-corrected chi connectivity index (χ0v) is 15.0. The number of aromatic nitrogens is 3. The highest BCUT2D eigenvalue weighted by Crippen LogP contribution is 2.25. The number of halogens is 1. The van der Waals surface area contributed by atoms with E-state index < -0.39 is 0 Å². The van der Waals surface area contributed by atoms with E-state index >= 15 is 0 Å². The van der Waals surface area contributed by atoms with Crippen molar-refractivity contribution in [2.24, 2.45) is 0 Å². The van der Waals surface area contributed by atoms with Crippen molar-refractivity contribution in [1.29, 1.82) is 0 Å². The largest absolute Gasteiger partial charge is 0.325 e. The molecule has 0 unspecified atom stereocenters. The second-order valence-electron chi connectivity index (χ2n) is 4.80. The van der Waals surface area contributed by atoms with Gasteiger partial charge in [-0.25, -0.2) is 9.97 Å². The molecule has 1 aromatic carbocycles. The number of nitrogens with one attached hydrogen (secondary N) is 1. The molecule has 0 saturated heterocycles. The number of carbonyl (C=O) groups is 1. The van der Waals surface area contributed by atoms with Crippen molar-refractivity contribution in [2.75, 3.05) is 11.1 Å². The van der Waals surface area contributed by atoms with E-state index in [2.05, 4.69) is 15.3 Å². The highest BCUT2D eigenvalue weighted by atomic mass is 35.5. The van der Waals surface area contributed by atoms with Crippen molar-refractivity contribution >= 4 is 56.6 Å². The molecule has 6 nitrogen and oxygen atoms in total. The Bertz CT molecular complexity index is 937. The molecule has 9 heteroatoms. The van der Waals surface area contributed by atoms with Crippen LogP contribution in [0.2, 0.25) is 5.02 Å². The van der Waals surface area contributed by atoms with Crippen LogP contribution in [0.1, 0.15) is 6.92 Å². The van der Waals surface area contributed by atoms with Crippen molar-refractivity contribution in [3.05, 3.63) is 46.0 Å². The maximum atomic E-state index is 12.5. The molecule has 0 saturated carbocycles. The van der Waals surface area contributed by atoms with Gasteiger partial charge in [0.2, 0.25) is 5.91 Å². The molecular weight excluding hydrogens is 368 g/mol. The minimum Gasteiger partial charge on any atom is -0.325 e. The summed E-state index contributed by atoms with van der Waals surface area (Å²) in [6.45, 7) is 1.90. The average molecular weight is 381 g/mol. The van der Waals surface area contributed by atoms with Gasteiger partial charge in [-0.15, -0.1) is 11.3 Å². The number of hydrogen-bond donors (Lipinski definition) is 1. The van der Waals surface area contributed by atoms with Crippen LogP contribution in [-0.2, 0) is 11.3 Å². The minimum atomic E-state index is -0.312. The molecule has 3 aromatic rings. The fourth-order valence-corrected chi connectivity index (χ4v) is 4.08. The molecule has 1 N–H and O–H groups in total. The van der Waals surface area contributed by atoms with Crippen molar-refractivity contribution in [1.82, 2.24) is 14.5 Å². The second-order valence-corrected chi connectivity index (χ2v) is 7.74. The highest BCUT2D eigenvalue weighted by molar-refractivity contribution is 8.01. The summed E-state index contributed by atoms with van der Waals surface area (Å²) in [4.78, 5) is 33.1. The Kier molecular flexibility index (Phi) is 5.17. The first-order valence-corrected chi connectivity index (χ1v) is 9.29. The molecule has 24 heavy (non-hydrogen) atoms. The van der Waals surface area contributed by atoms with Gasteiger partial charge in [0.05, 0.1) is 0 Å². The van der Waals surface area contributed by atoms with Crippen LogP contribution in [0.5, 0.6) is 0 Å². The Morgan fingerprint density at radius 3 is 2.83 bits per heavy atom. The van der Waals surface area contributed by atoms with E-state index in [9.17, 15) is 9.59 Å². The molecule has 0 radical (unpaired) electrons.